The first-order valence-corrected chi connectivity index (χ1v) is 17.0. The number of ether oxygens (including phenoxy) is 2. The number of phenols is 1. The average molecular weight is 713 g/mol. The van der Waals surface area contributed by atoms with Crippen molar-refractivity contribution in [1.82, 2.24) is 25.2 Å². The van der Waals surface area contributed by atoms with Crippen LogP contribution < -0.4 is 19.7 Å². The van der Waals surface area contributed by atoms with E-state index in [2.05, 4.69) is 35.8 Å². The zero-order valence-electron chi connectivity index (χ0n) is 27.4. The maximum Gasteiger partial charge on any atom is 0.574 e. The molecule has 3 saturated heterocycles. The monoisotopic (exact) mass is 712 g/mol. The molecule has 2 unspecified atom stereocenters. The van der Waals surface area contributed by atoms with Crippen molar-refractivity contribution in [2.45, 2.75) is 63.1 Å². The van der Waals surface area contributed by atoms with E-state index in [-0.39, 0.29) is 63.6 Å². The molecule has 9 nitrogen and oxygen atoms in total. The fourth-order valence-electron chi connectivity index (χ4n) is 7.76. The largest absolute Gasteiger partial charge is 0.574 e. The molecule has 0 spiro atoms. The number of benzene rings is 2. The van der Waals surface area contributed by atoms with E-state index in [9.17, 15) is 27.1 Å². The van der Waals surface area contributed by atoms with Crippen LogP contribution in [0, 0.1) is 29.4 Å². The Bertz CT molecular complexity index is 2050. The lowest BCUT2D eigenvalue weighted by atomic mass is 9.95. The molecule has 2 atom stereocenters. The number of hydrogen-bond donors (Lipinski definition) is 2. The normalized spacial score (nSPS) is 22.0. The van der Waals surface area contributed by atoms with Crippen molar-refractivity contribution in [3.05, 3.63) is 41.5 Å². The van der Waals surface area contributed by atoms with Gasteiger partial charge in [-0.25, -0.2) is 18.2 Å². The molecule has 2 aromatic carbocycles. The van der Waals surface area contributed by atoms with Gasteiger partial charge in [0.1, 0.15) is 40.2 Å². The van der Waals surface area contributed by atoms with Crippen LogP contribution >= 0.6 is 0 Å². The lowest BCUT2D eigenvalue weighted by Gasteiger charge is -2.34. The van der Waals surface area contributed by atoms with Crippen LogP contribution in [0.4, 0.5) is 32.2 Å². The minimum absolute atomic E-state index is 0.0288. The molecule has 1 aliphatic carbocycles. The van der Waals surface area contributed by atoms with Crippen molar-refractivity contribution in [2.75, 3.05) is 44.2 Å². The molecule has 3 aliphatic heterocycles. The number of alkyl halides is 4. The van der Waals surface area contributed by atoms with E-state index in [1.807, 2.05) is 0 Å². The molecule has 51 heavy (non-hydrogen) atoms. The average Bonchev–Trinajstić information content (AvgIpc) is 3.78. The standard InChI is InChI=1S/C36H34F6N6O3/c1-2-24-26(38)6-3-19-13-23(49)14-25(27(19)24)30-29(39)31-28(33(44-30)51-36(40,41)42)32(48-15-21-4-5-22(16-48)43-21)46-34(45-31)50-18-35(9-10-35)17-47-11-7-20(37)8-12-47/h1,3,6,13-14,20-22,43,49H,4-5,7-12,15-18H2. The first kappa shape index (κ1) is 33.6. The number of piperazine rings is 1. The molecule has 0 amide bonds. The predicted octanol–water partition coefficient (Wildman–Crippen LogP) is 6.24. The molecule has 4 aromatic rings. The summed E-state index contributed by atoms with van der Waals surface area (Å²) in [5.74, 6) is -1.22. The number of nitrogens with one attached hydrogen (secondary N) is 1. The van der Waals surface area contributed by atoms with E-state index >= 15 is 4.39 Å². The van der Waals surface area contributed by atoms with E-state index < -0.39 is 46.6 Å². The molecular formula is C36H34F6N6O3. The Labute approximate surface area is 289 Å². The highest BCUT2D eigenvalue weighted by atomic mass is 19.4. The Balaban J connectivity index is 1.29. The maximum atomic E-state index is 17.0. The number of aromatic nitrogens is 3. The first-order valence-electron chi connectivity index (χ1n) is 17.0. The zero-order valence-corrected chi connectivity index (χ0v) is 27.4. The van der Waals surface area contributed by atoms with Crippen LogP contribution in [0.1, 0.15) is 44.1 Å². The quantitative estimate of drug-likeness (QED) is 0.163. The van der Waals surface area contributed by atoms with E-state index in [0.717, 1.165) is 37.8 Å². The molecule has 4 aliphatic rings. The molecular weight excluding hydrogens is 678 g/mol. The second kappa shape index (κ2) is 12.6. The fourth-order valence-corrected chi connectivity index (χ4v) is 7.76. The topological polar surface area (TPSA) is 95.9 Å². The van der Waals surface area contributed by atoms with Gasteiger partial charge in [0.2, 0.25) is 5.88 Å². The van der Waals surface area contributed by atoms with Crippen LogP contribution in [0.2, 0.25) is 0 Å². The summed E-state index contributed by atoms with van der Waals surface area (Å²) in [6.45, 7) is 2.83. The molecule has 268 valence electrons. The van der Waals surface area contributed by atoms with Gasteiger partial charge in [-0.2, -0.15) is 9.97 Å². The summed E-state index contributed by atoms with van der Waals surface area (Å²) < 4.78 is 98.6. The summed E-state index contributed by atoms with van der Waals surface area (Å²) in [6.07, 6.45) is 3.85. The van der Waals surface area contributed by atoms with Gasteiger partial charge in [0.15, 0.2) is 5.82 Å². The Morgan fingerprint density at radius 1 is 1.00 bits per heavy atom. The van der Waals surface area contributed by atoms with Crippen molar-refractivity contribution in [3.63, 3.8) is 0 Å². The van der Waals surface area contributed by atoms with Gasteiger partial charge in [-0.15, -0.1) is 19.6 Å². The summed E-state index contributed by atoms with van der Waals surface area (Å²) in [6, 6.07) is 4.50. The van der Waals surface area contributed by atoms with Gasteiger partial charge in [0.25, 0.3) is 0 Å². The second-order valence-electron chi connectivity index (χ2n) is 14.1. The Kier molecular flexibility index (Phi) is 8.29. The molecule has 15 heteroatoms. The molecule has 2 aromatic heterocycles. The summed E-state index contributed by atoms with van der Waals surface area (Å²) in [7, 11) is 0. The van der Waals surface area contributed by atoms with Crippen molar-refractivity contribution in [2.24, 2.45) is 5.41 Å². The smallest absolute Gasteiger partial charge is 0.508 e. The molecule has 8 rings (SSSR count). The van der Waals surface area contributed by atoms with Gasteiger partial charge < -0.3 is 29.7 Å². The summed E-state index contributed by atoms with van der Waals surface area (Å²) >= 11 is 0. The van der Waals surface area contributed by atoms with Gasteiger partial charge in [-0.3, -0.25) is 0 Å². The van der Waals surface area contributed by atoms with Crippen molar-refractivity contribution >= 4 is 27.5 Å². The number of anilines is 1. The highest BCUT2D eigenvalue weighted by Crippen LogP contribution is 2.48. The number of nitrogens with zero attached hydrogens (tertiary/aromatic N) is 5. The number of pyridine rings is 1. The van der Waals surface area contributed by atoms with Gasteiger partial charge in [0, 0.05) is 61.2 Å². The minimum atomic E-state index is -5.25. The molecule has 2 bridgehead atoms. The van der Waals surface area contributed by atoms with Crippen molar-refractivity contribution < 1.29 is 40.9 Å². The Morgan fingerprint density at radius 3 is 2.39 bits per heavy atom. The first-order chi connectivity index (χ1) is 24.4. The van der Waals surface area contributed by atoms with Crippen molar-refractivity contribution in [3.8, 4) is 41.2 Å². The van der Waals surface area contributed by atoms with Crippen LogP contribution in [-0.4, -0.2) is 88.9 Å². The summed E-state index contributed by atoms with van der Waals surface area (Å²) in [5, 5.41) is 13.8. The van der Waals surface area contributed by atoms with Crippen LogP contribution in [-0.2, 0) is 0 Å². The lowest BCUT2D eigenvalue weighted by Crippen LogP contribution is -2.51. The van der Waals surface area contributed by atoms with E-state index in [0.29, 0.717) is 45.6 Å². The highest BCUT2D eigenvalue weighted by Gasteiger charge is 2.46. The minimum Gasteiger partial charge on any atom is -0.508 e. The number of aromatic hydroxyl groups is 1. The number of likely N-dealkylation sites (tertiary alicyclic amines) is 1. The van der Waals surface area contributed by atoms with E-state index in [1.54, 1.807) is 4.90 Å². The van der Waals surface area contributed by atoms with Crippen LogP contribution in [0.25, 0.3) is 32.9 Å². The Morgan fingerprint density at radius 2 is 1.73 bits per heavy atom. The summed E-state index contributed by atoms with van der Waals surface area (Å²) in [4.78, 5) is 16.9. The number of phenolic OH excluding ortho intramolecular Hbond substituents is 1. The van der Waals surface area contributed by atoms with Gasteiger partial charge >= 0.3 is 12.4 Å². The summed E-state index contributed by atoms with van der Waals surface area (Å²) in [5.41, 5.74) is -2.07. The number of piperidine rings is 1. The predicted molar refractivity (Wildman–Crippen MR) is 176 cm³/mol. The lowest BCUT2D eigenvalue weighted by molar-refractivity contribution is -0.275. The molecule has 1 saturated carbocycles. The number of halogens is 6. The van der Waals surface area contributed by atoms with Gasteiger partial charge in [-0.1, -0.05) is 12.0 Å². The van der Waals surface area contributed by atoms with Gasteiger partial charge in [-0.05, 0) is 62.1 Å². The van der Waals surface area contributed by atoms with E-state index in [1.165, 1.54) is 12.1 Å². The third-order valence-corrected chi connectivity index (χ3v) is 10.4. The van der Waals surface area contributed by atoms with Crippen molar-refractivity contribution in [1.29, 1.82) is 0 Å². The van der Waals surface area contributed by atoms with Crippen LogP contribution in [0.3, 0.4) is 0 Å². The SMILES string of the molecule is C#Cc1c(F)ccc2cc(O)cc(-c3nc(OC(F)(F)F)c4c(N5CC6CCC(C5)N6)nc(OCC5(CN6CCC(F)CC6)CC5)nc4c3F)c12. The molecule has 4 fully saturated rings. The van der Waals surface area contributed by atoms with Crippen LogP contribution in [0.5, 0.6) is 17.6 Å². The zero-order chi connectivity index (χ0) is 35.7. The number of rotatable bonds is 8. The molecule has 2 N–H and O–H groups in total. The molecule has 0 radical (unpaired) electrons. The number of terminal acetylenes is 1. The third kappa shape index (κ3) is 6.55. The maximum absolute atomic E-state index is 17.0. The van der Waals surface area contributed by atoms with Crippen LogP contribution in [0.15, 0.2) is 24.3 Å². The fraction of sp³-hybridized carbons (Fsp3) is 0.472. The van der Waals surface area contributed by atoms with Gasteiger partial charge in [0.05, 0.1) is 12.2 Å². The Hall–Kier alpha value is -4.55. The molecule has 5 heterocycles. The number of fused-ring (bicyclic) bond motifs is 4. The second-order valence-corrected chi connectivity index (χ2v) is 14.1. The highest BCUT2D eigenvalue weighted by molar-refractivity contribution is 6.04. The van der Waals surface area contributed by atoms with E-state index in [4.69, 9.17) is 11.2 Å². The third-order valence-electron chi connectivity index (χ3n) is 10.4. The number of hydrogen-bond acceptors (Lipinski definition) is 9.